The third kappa shape index (κ3) is 21.8. The lowest BCUT2D eigenvalue weighted by molar-refractivity contribution is -0.0271. The summed E-state index contributed by atoms with van der Waals surface area (Å²) in [6.45, 7) is 5.54. The van der Waals surface area contributed by atoms with E-state index in [0.717, 1.165) is 0 Å². The van der Waals surface area contributed by atoms with Gasteiger partial charge in [-0.3, -0.25) is 22.5 Å². The van der Waals surface area contributed by atoms with Gasteiger partial charge in [-0.15, -0.1) is 0 Å². The second kappa shape index (κ2) is 22.8. The van der Waals surface area contributed by atoms with Crippen LogP contribution in [0.1, 0.15) is 0 Å². The number of ether oxygens (including phenoxy) is 6. The monoisotopic (exact) mass is 414 g/mol. The molecule has 170 valence electrons. The van der Waals surface area contributed by atoms with Gasteiger partial charge in [0.1, 0.15) is 0 Å². The summed E-state index contributed by atoms with van der Waals surface area (Å²) in [6, 6.07) is 0. The van der Waals surface area contributed by atoms with Gasteiger partial charge < -0.3 is 38.6 Å². The smallest absolute Gasteiger partial charge is 0.0911 e. The Kier molecular flexibility index (Phi) is 22.4. The van der Waals surface area contributed by atoms with Gasteiger partial charge in [0.05, 0.1) is 91.5 Å². The lowest BCUT2D eigenvalue weighted by Gasteiger charge is -2.11. The van der Waals surface area contributed by atoms with E-state index in [2.05, 4.69) is 10.9 Å². The molecule has 0 aromatic heterocycles. The predicted octanol–water partition coefficient (Wildman–Crippen LogP) is -3.27. The Morgan fingerprint density at radius 3 is 1.00 bits per heavy atom. The number of hydrogen-bond donors (Lipinski definition) is 6. The van der Waals surface area contributed by atoms with Crippen molar-refractivity contribution in [1.29, 1.82) is 0 Å². The molecule has 8 N–H and O–H groups in total. The Bertz CT molecular complexity index is 280. The van der Waals surface area contributed by atoms with Gasteiger partial charge in [0.15, 0.2) is 0 Å². The van der Waals surface area contributed by atoms with E-state index in [0.29, 0.717) is 66.1 Å². The van der Waals surface area contributed by atoms with Crippen LogP contribution >= 0.6 is 0 Å². The van der Waals surface area contributed by atoms with Gasteiger partial charge in [-0.05, 0) is 0 Å². The maximum absolute atomic E-state index is 9.34. The molecule has 0 bridgehead atoms. The maximum atomic E-state index is 9.34. The van der Waals surface area contributed by atoms with E-state index in [1.54, 1.807) is 0 Å². The van der Waals surface area contributed by atoms with Crippen molar-refractivity contribution in [2.75, 3.05) is 92.4 Å². The normalized spacial score (nSPS) is 13.7. The van der Waals surface area contributed by atoms with E-state index >= 15 is 0 Å². The fourth-order valence-electron chi connectivity index (χ4n) is 1.83. The number of aliphatic hydroxyl groups is 2. The Labute approximate surface area is 166 Å². The molecule has 0 saturated carbocycles. The molecular weight excluding hydrogens is 376 g/mol. The van der Waals surface area contributed by atoms with Crippen LogP contribution in [0.2, 0.25) is 0 Å². The van der Waals surface area contributed by atoms with Crippen LogP contribution < -0.4 is 22.5 Å². The predicted molar refractivity (Wildman–Crippen MR) is 101 cm³/mol. The Balaban J connectivity index is 3.07. The third-order valence-electron chi connectivity index (χ3n) is 3.19. The summed E-state index contributed by atoms with van der Waals surface area (Å²) in [4.78, 5) is 0. The minimum absolute atomic E-state index is 0.216. The van der Waals surface area contributed by atoms with Crippen LogP contribution in [0.25, 0.3) is 0 Å². The van der Waals surface area contributed by atoms with Crippen molar-refractivity contribution in [3.63, 3.8) is 0 Å². The van der Waals surface area contributed by atoms with Gasteiger partial charge in [-0.2, -0.15) is 0 Å². The largest absolute Gasteiger partial charge is 0.389 e. The van der Waals surface area contributed by atoms with Crippen molar-refractivity contribution in [2.24, 2.45) is 11.7 Å². The lowest BCUT2D eigenvalue weighted by Crippen LogP contribution is -2.34. The first-order chi connectivity index (χ1) is 13.7. The molecule has 0 aliphatic rings. The Morgan fingerprint density at radius 2 is 0.750 bits per heavy atom. The number of nitrogens with one attached hydrogen (secondary N) is 2. The van der Waals surface area contributed by atoms with Crippen LogP contribution in [0.5, 0.6) is 0 Å². The maximum Gasteiger partial charge on any atom is 0.0911 e. The van der Waals surface area contributed by atoms with Crippen LogP contribution in [-0.2, 0) is 28.4 Å². The summed E-state index contributed by atoms with van der Waals surface area (Å²) in [7, 11) is 0. The van der Waals surface area contributed by atoms with Gasteiger partial charge in [-0.25, -0.2) is 0 Å². The minimum Gasteiger partial charge on any atom is -0.389 e. The summed E-state index contributed by atoms with van der Waals surface area (Å²) in [6.07, 6.45) is -1.24. The van der Waals surface area contributed by atoms with Crippen molar-refractivity contribution < 1.29 is 38.6 Å². The highest BCUT2D eigenvalue weighted by Gasteiger charge is 2.02. The standard InChI is InChI=1S/C16H38N4O8/c17-19-11-15(21)13-27-9-7-25-5-3-23-1-2-24-4-6-26-8-10-28-14-16(22)12-20-18/h15-16,19-22H,1-14,17-18H2. The topological polar surface area (TPSA) is 172 Å². The zero-order valence-corrected chi connectivity index (χ0v) is 16.6. The number of rotatable bonds is 23. The van der Waals surface area contributed by atoms with Crippen LogP contribution in [0.3, 0.4) is 0 Å². The number of hydrazine groups is 2. The first-order valence-corrected chi connectivity index (χ1v) is 9.40. The van der Waals surface area contributed by atoms with E-state index in [9.17, 15) is 10.2 Å². The summed E-state index contributed by atoms with van der Waals surface area (Å²) in [5.74, 6) is 10.2. The van der Waals surface area contributed by atoms with Crippen LogP contribution in [0.4, 0.5) is 0 Å². The fourth-order valence-corrected chi connectivity index (χ4v) is 1.83. The SMILES string of the molecule is NNCC(O)COCCOCCOCCOCCOCCOCC(O)CNN. The van der Waals surface area contributed by atoms with E-state index in [1.165, 1.54) is 0 Å². The number of nitrogens with two attached hydrogens (primary N) is 2. The van der Waals surface area contributed by atoms with Crippen LogP contribution in [-0.4, -0.2) is 115 Å². The molecule has 28 heavy (non-hydrogen) atoms. The molecule has 2 atom stereocenters. The molecule has 0 aliphatic carbocycles. The average Bonchev–Trinajstić information content (AvgIpc) is 2.67. The van der Waals surface area contributed by atoms with Crippen molar-refractivity contribution in [2.45, 2.75) is 12.2 Å². The Morgan fingerprint density at radius 1 is 0.500 bits per heavy atom. The molecule has 0 saturated heterocycles. The molecule has 0 amide bonds. The second-order valence-corrected chi connectivity index (χ2v) is 5.72. The first-order valence-electron chi connectivity index (χ1n) is 9.40. The summed E-state index contributed by atoms with van der Waals surface area (Å²) in [5.41, 5.74) is 4.74. The fraction of sp³-hybridized carbons (Fsp3) is 1.00. The summed E-state index contributed by atoms with van der Waals surface area (Å²) >= 11 is 0. The third-order valence-corrected chi connectivity index (χ3v) is 3.19. The zero-order chi connectivity index (χ0) is 20.7. The van der Waals surface area contributed by atoms with Gasteiger partial charge in [0.2, 0.25) is 0 Å². The molecule has 12 heteroatoms. The van der Waals surface area contributed by atoms with Crippen LogP contribution in [0, 0.1) is 0 Å². The summed E-state index contributed by atoms with van der Waals surface area (Å²) in [5, 5.41) is 18.7. The van der Waals surface area contributed by atoms with E-state index in [4.69, 9.17) is 40.1 Å². The minimum atomic E-state index is -0.620. The van der Waals surface area contributed by atoms with Crippen LogP contribution in [0.15, 0.2) is 0 Å². The van der Waals surface area contributed by atoms with Gasteiger partial charge in [-0.1, -0.05) is 0 Å². The second-order valence-electron chi connectivity index (χ2n) is 5.72. The van der Waals surface area contributed by atoms with E-state index in [-0.39, 0.29) is 26.3 Å². The average molecular weight is 415 g/mol. The molecule has 12 nitrogen and oxygen atoms in total. The van der Waals surface area contributed by atoms with Gasteiger partial charge >= 0.3 is 0 Å². The Hall–Kier alpha value is -0.480. The molecule has 2 unspecified atom stereocenters. The molecular formula is C16H38N4O8. The molecule has 0 fully saturated rings. The molecule has 0 spiro atoms. The molecule has 0 aromatic rings. The molecule has 0 aliphatic heterocycles. The first kappa shape index (κ1) is 27.5. The lowest BCUT2D eigenvalue weighted by atomic mass is 10.4. The number of aliphatic hydroxyl groups excluding tert-OH is 2. The van der Waals surface area contributed by atoms with Crippen molar-refractivity contribution in [3.8, 4) is 0 Å². The molecule has 0 aromatic carbocycles. The molecule has 0 heterocycles. The highest BCUT2D eigenvalue weighted by atomic mass is 16.6. The van der Waals surface area contributed by atoms with Crippen molar-refractivity contribution in [3.05, 3.63) is 0 Å². The quantitative estimate of drug-likeness (QED) is 0.0560. The zero-order valence-electron chi connectivity index (χ0n) is 16.6. The van der Waals surface area contributed by atoms with E-state index < -0.39 is 12.2 Å². The highest BCUT2D eigenvalue weighted by molar-refractivity contribution is 4.54. The number of hydrogen-bond acceptors (Lipinski definition) is 12. The van der Waals surface area contributed by atoms with Gasteiger partial charge in [0.25, 0.3) is 0 Å². The van der Waals surface area contributed by atoms with Crippen molar-refractivity contribution >= 4 is 0 Å². The summed E-state index contributed by atoms with van der Waals surface area (Å²) < 4.78 is 31.8. The van der Waals surface area contributed by atoms with E-state index in [1.807, 2.05) is 0 Å². The van der Waals surface area contributed by atoms with Gasteiger partial charge in [0, 0.05) is 13.1 Å². The molecule has 0 radical (unpaired) electrons. The highest BCUT2D eigenvalue weighted by Crippen LogP contribution is 1.87. The van der Waals surface area contributed by atoms with Crippen molar-refractivity contribution in [1.82, 2.24) is 10.9 Å². The molecule has 0 rings (SSSR count).